The Labute approximate surface area is 139 Å². The van der Waals surface area contributed by atoms with Gasteiger partial charge >= 0.3 is 0 Å². The van der Waals surface area contributed by atoms with E-state index < -0.39 is 16.8 Å². The molecule has 3 unspecified atom stereocenters. The minimum absolute atomic E-state index is 0.520. The Kier molecular flexibility index (Phi) is 5.78. The van der Waals surface area contributed by atoms with Gasteiger partial charge in [0.25, 0.3) is 0 Å². The fraction of sp³-hybridized carbons (Fsp3) is 0.667. The first kappa shape index (κ1) is 19.5. The maximum Gasteiger partial charge on any atom is 0.0876 e. The number of hydrogen-bond acceptors (Lipinski definition) is 4. The number of aliphatic hydroxyl groups is 3. The lowest BCUT2D eigenvalue weighted by molar-refractivity contribution is 0.0355. The summed E-state index contributed by atoms with van der Waals surface area (Å²) >= 11 is 4.58. The average molecular weight is 327 g/mol. The van der Waals surface area contributed by atoms with E-state index in [2.05, 4.69) is 12.6 Å². The molecule has 0 spiro atoms. The molecule has 0 aliphatic rings. The predicted molar refractivity (Wildman–Crippen MR) is 93.3 cm³/mol. The highest BCUT2D eigenvalue weighted by Gasteiger charge is 2.33. The van der Waals surface area contributed by atoms with Crippen molar-refractivity contribution >= 4 is 12.6 Å². The molecular weight excluding hydrogens is 296 g/mol. The molecule has 0 radical (unpaired) electrons. The van der Waals surface area contributed by atoms with Crippen molar-refractivity contribution in [1.29, 1.82) is 0 Å². The van der Waals surface area contributed by atoms with Crippen molar-refractivity contribution in [2.24, 2.45) is 0 Å². The van der Waals surface area contributed by atoms with Crippen molar-refractivity contribution in [2.75, 3.05) is 0 Å². The first-order valence-electron chi connectivity index (χ1n) is 7.98. The minimum atomic E-state index is -1.06. The summed E-state index contributed by atoms with van der Waals surface area (Å²) in [6.07, 6.45) is 1.58. The van der Waals surface area contributed by atoms with Gasteiger partial charge in [0.2, 0.25) is 0 Å². The van der Waals surface area contributed by atoms with Crippen molar-refractivity contribution in [2.45, 2.75) is 82.5 Å². The smallest absolute Gasteiger partial charge is 0.0876 e. The summed E-state index contributed by atoms with van der Waals surface area (Å²) in [6.45, 7) is 10.9. The van der Waals surface area contributed by atoms with E-state index in [0.29, 0.717) is 40.8 Å². The van der Waals surface area contributed by atoms with E-state index >= 15 is 0 Å². The maximum atomic E-state index is 10.7. The van der Waals surface area contributed by atoms with Gasteiger partial charge in [0.15, 0.2) is 0 Å². The van der Waals surface area contributed by atoms with Crippen LogP contribution in [0.5, 0.6) is 0 Å². The Morgan fingerprint density at radius 2 is 1.09 bits per heavy atom. The van der Waals surface area contributed by atoms with Crippen molar-refractivity contribution < 1.29 is 15.3 Å². The summed E-state index contributed by atoms with van der Waals surface area (Å²) in [6, 6.07) is 3.62. The van der Waals surface area contributed by atoms with Gasteiger partial charge in [0, 0.05) is 4.90 Å². The van der Waals surface area contributed by atoms with Crippen LogP contribution in [0.25, 0.3) is 0 Å². The number of thiol groups is 1. The van der Waals surface area contributed by atoms with Gasteiger partial charge in [-0.3, -0.25) is 0 Å². The second kappa shape index (κ2) is 6.52. The molecule has 0 aliphatic heterocycles. The van der Waals surface area contributed by atoms with E-state index in [1.54, 1.807) is 20.8 Å². The number of benzene rings is 1. The van der Waals surface area contributed by atoms with Crippen LogP contribution >= 0.6 is 12.6 Å². The maximum absolute atomic E-state index is 10.7. The molecule has 3 nitrogen and oxygen atoms in total. The van der Waals surface area contributed by atoms with Crippen LogP contribution in [0, 0.1) is 0 Å². The van der Waals surface area contributed by atoms with Gasteiger partial charge in [0.05, 0.1) is 16.8 Å². The van der Waals surface area contributed by atoms with Crippen LogP contribution in [0.15, 0.2) is 17.0 Å². The summed E-state index contributed by atoms with van der Waals surface area (Å²) in [5, 5.41) is 32.0. The number of rotatable bonds is 6. The van der Waals surface area contributed by atoms with Gasteiger partial charge < -0.3 is 15.3 Å². The Balaban J connectivity index is 3.73. The highest BCUT2D eigenvalue weighted by atomic mass is 32.1. The summed E-state index contributed by atoms with van der Waals surface area (Å²) < 4.78 is 0. The van der Waals surface area contributed by atoms with Crippen LogP contribution in [0.4, 0.5) is 0 Å². The molecular formula is C18H30O3S. The first-order valence-corrected chi connectivity index (χ1v) is 8.43. The van der Waals surface area contributed by atoms with Crippen LogP contribution in [0.3, 0.4) is 0 Å². The summed E-state index contributed by atoms with van der Waals surface area (Å²) in [4.78, 5) is 0.592. The molecule has 0 fully saturated rings. The SMILES string of the molecule is CCC(C)(O)c1cc(C(C)(O)CC)c(S)c(C(C)(O)CC)c1. The van der Waals surface area contributed by atoms with Crippen LogP contribution in [-0.2, 0) is 16.8 Å². The highest BCUT2D eigenvalue weighted by molar-refractivity contribution is 7.80. The Bertz CT molecular complexity index is 496. The van der Waals surface area contributed by atoms with Gasteiger partial charge in [-0.2, -0.15) is 0 Å². The summed E-state index contributed by atoms with van der Waals surface area (Å²) in [5.74, 6) is 0. The molecule has 0 saturated heterocycles. The second-order valence-corrected chi connectivity index (χ2v) is 7.25. The standard InChI is InChI=1S/C18H30O3S/c1-7-16(4,19)12-10-13(17(5,20)8-2)15(22)14(11-12)18(6,21)9-3/h10-11,19-22H,7-9H2,1-6H3. The van der Waals surface area contributed by atoms with Gasteiger partial charge in [-0.15, -0.1) is 12.6 Å². The van der Waals surface area contributed by atoms with Crippen LogP contribution in [0.2, 0.25) is 0 Å². The lowest BCUT2D eigenvalue weighted by Crippen LogP contribution is -2.28. The average Bonchev–Trinajstić information content (AvgIpc) is 2.46. The molecule has 1 aromatic carbocycles. The van der Waals surface area contributed by atoms with Crippen molar-refractivity contribution in [3.05, 3.63) is 28.8 Å². The number of hydrogen-bond donors (Lipinski definition) is 4. The molecule has 0 aliphatic carbocycles. The topological polar surface area (TPSA) is 60.7 Å². The monoisotopic (exact) mass is 326 g/mol. The van der Waals surface area contributed by atoms with Gasteiger partial charge in [-0.1, -0.05) is 20.8 Å². The van der Waals surface area contributed by atoms with E-state index in [4.69, 9.17) is 0 Å². The molecule has 1 rings (SSSR count). The van der Waals surface area contributed by atoms with Crippen LogP contribution < -0.4 is 0 Å². The quantitative estimate of drug-likeness (QED) is 0.601. The normalized spacial score (nSPS) is 20.1. The molecule has 1 aromatic rings. The molecule has 0 amide bonds. The Morgan fingerprint density at radius 3 is 1.36 bits per heavy atom. The zero-order valence-electron chi connectivity index (χ0n) is 14.6. The van der Waals surface area contributed by atoms with E-state index in [1.165, 1.54) is 0 Å². The lowest BCUT2D eigenvalue weighted by Gasteiger charge is -2.33. The molecule has 0 saturated carbocycles. The predicted octanol–water partition coefficient (Wildman–Crippen LogP) is 3.83. The van der Waals surface area contributed by atoms with E-state index in [1.807, 2.05) is 32.9 Å². The largest absolute Gasteiger partial charge is 0.385 e. The molecule has 22 heavy (non-hydrogen) atoms. The van der Waals surface area contributed by atoms with Crippen LogP contribution in [0.1, 0.15) is 77.5 Å². The third kappa shape index (κ3) is 3.67. The molecule has 0 heterocycles. The summed E-state index contributed by atoms with van der Waals surface area (Å²) in [7, 11) is 0. The third-order valence-electron chi connectivity index (χ3n) is 4.96. The Morgan fingerprint density at radius 1 is 0.773 bits per heavy atom. The zero-order valence-corrected chi connectivity index (χ0v) is 15.5. The molecule has 3 atom stereocenters. The zero-order chi connectivity index (χ0) is 17.3. The van der Waals surface area contributed by atoms with Gasteiger partial charge in [-0.05, 0) is 68.9 Å². The van der Waals surface area contributed by atoms with E-state index in [9.17, 15) is 15.3 Å². The van der Waals surface area contributed by atoms with E-state index in [-0.39, 0.29) is 0 Å². The molecule has 126 valence electrons. The summed E-state index contributed by atoms with van der Waals surface area (Å²) in [5.41, 5.74) is -1.15. The highest BCUT2D eigenvalue weighted by Crippen LogP contribution is 2.40. The molecule has 0 aromatic heterocycles. The first-order chi connectivity index (χ1) is 9.93. The fourth-order valence-electron chi connectivity index (χ4n) is 2.35. The van der Waals surface area contributed by atoms with Crippen molar-refractivity contribution in [3.8, 4) is 0 Å². The van der Waals surface area contributed by atoms with Gasteiger partial charge in [0.1, 0.15) is 0 Å². The van der Waals surface area contributed by atoms with E-state index in [0.717, 1.165) is 0 Å². The lowest BCUT2D eigenvalue weighted by atomic mass is 9.81. The molecule has 3 N–H and O–H groups in total. The van der Waals surface area contributed by atoms with Crippen molar-refractivity contribution in [1.82, 2.24) is 0 Å². The molecule has 0 bridgehead atoms. The van der Waals surface area contributed by atoms with Crippen molar-refractivity contribution in [3.63, 3.8) is 0 Å². The minimum Gasteiger partial charge on any atom is -0.385 e. The third-order valence-corrected chi connectivity index (χ3v) is 5.44. The fourth-order valence-corrected chi connectivity index (χ4v) is 2.96. The Hall–Kier alpha value is -0.550. The van der Waals surface area contributed by atoms with Crippen LogP contribution in [-0.4, -0.2) is 15.3 Å². The molecule has 4 heteroatoms. The second-order valence-electron chi connectivity index (χ2n) is 6.80. The van der Waals surface area contributed by atoms with Gasteiger partial charge in [-0.25, -0.2) is 0 Å².